The Labute approximate surface area is 91.9 Å². The fraction of sp³-hybridized carbons (Fsp3) is 0.500. The van der Waals surface area contributed by atoms with Gasteiger partial charge in [0.1, 0.15) is 16.9 Å². The van der Waals surface area contributed by atoms with Crippen LogP contribution in [0.25, 0.3) is 11.2 Å². The van der Waals surface area contributed by atoms with Crippen LogP contribution in [0.3, 0.4) is 0 Å². The van der Waals surface area contributed by atoms with Crippen LogP contribution in [0, 0.1) is 0 Å². The van der Waals surface area contributed by atoms with E-state index < -0.39 is 0 Å². The average molecular weight is 220 g/mol. The number of hydrogen-bond acceptors (Lipinski definition) is 4. The Kier molecular flexibility index (Phi) is 2.32. The Bertz CT molecular complexity index is 461. The van der Waals surface area contributed by atoms with Gasteiger partial charge in [-0.25, -0.2) is 15.0 Å². The molecule has 2 aromatic heterocycles. The van der Waals surface area contributed by atoms with Crippen molar-refractivity contribution >= 4 is 22.9 Å². The van der Waals surface area contributed by atoms with E-state index in [1.807, 2.05) is 11.8 Å². The summed E-state index contributed by atoms with van der Waals surface area (Å²) in [5.41, 5.74) is 1.75. The van der Waals surface area contributed by atoms with Crippen molar-refractivity contribution in [3.8, 4) is 0 Å². The molecule has 0 atom stereocenters. The molecule has 3 rings (SSSR count). The van der Waals surface area contributed by atoms with Gasteiger partial charge in [-0.3, -0.25) is 0 Å². The number of aromatic amines is 1. The molecule has 1 N–H and O–H groups in total. The molecule has 78 valence electrons. The van der Waals surface area contributed by atoms with Crippen molar-refractivity contribution in [2.75, 3.05) is 0 Å². The number of hydrogen-bond donors (Lipinski definition) is 1. The molecule has 0 bridgehead atoms. The summed E-state index contributed by atoms with van der Waals surface area (Å²) in [4.78, 5) is 15.7. The van der Waals surface area contributed by atoms with Gasteiger partial charge in [0.05, 0.1) is 6.33 Å². The number of fused-ring (bicyclic) bond motifs is 1. The second-order valence-electron chi connectivity index (χ2n) is 3.80. The van der Waals surface area contributed by atoms with Gasteiger partial charge in [-0.15, -0.1) is 11.8 Å². The topological polar surface area (TPSA) is 54.5 Å². The lowest BCUT2D eigenvalue weighted by Crippen LogP contribution is -1.96. The molecule has 0 spiro atoms. The van der Waals surface area contributed by atoms with E-state index in [-0.39, 0.29) is 0 Å². The van der Waals surface area contributed by atoms with Gasteiger partial charge < -0.3 is 4.98 Å². The lowest BCUT2D eigenvalue weighted by atomic mass is 10.4. The largest absolute Gasteiger partial charge is 0.341 e. The molecule has 0 aliphatic heterocycles. The third kappa shape index (κ3) is 1.71. The lowest BCUT2D eigenvalue weighted by molar-refractivity contribution is 0.886. The minimum Gasteiger partial charge on any atom is -0.341 e. The summed E-state index contributed by atoms with van der Waals surface area (Å²) in [6.07, 6.45) is 8.61. The van der Waals surface area contributed by atoms with Gasteiger partial charge >= 0.3 is 0 Å². The van der Waals surface area contributed by atoms with Crippen LogP contribution in [0.1, 0.15) is 25.7 Å². The third-order valence-corrected chi connectivity index (χ3v) is 4.11. The summed E-state index contributed by atoms with van der Waals surface area (Å²) < 4.78 is 0. The van der Waals surface area contributed by atoms with E-state index in [0.717, 1.165) is 21.4 Å². The lowest BCUT2D eigenvalue weighted by Gasteiger charge is -2.07. The smallest absolute Gasteiger partial charge is 0.181 e. The zero-order valence-corrected chi connectivity index (χ0v) is 9.13. The van der Waals surface area contributed by atoms with E-state index >= 15 is 0 Å². The molecular formula is C10H12N4S. The van der Waals surface area contributed by atoms with Crippen LogP contribution in [0.15, 0.2) is 17.7 Å². The second-order valence-corrected chi connectivity index (χ2v) is 5.09. The second kappa shape index (κ2) is 3.81. The molecule has 15 heavy (non-hydrogen) atoms. The molecule has 1 saturated carbocycles. The molecule has 1 aliphatic rings. The van der Waals surface area contributed by atoms with Crippen molar-refractivity contribution in [1.29, 1.82) is 0 Å². The highest BCUT2D eigenvalue weighted by Crippen LogP contribution is 2.35. The monoisotopic (exact) mass is 220 g/mol. The molecule has 2 heterocycles. The maximum absolute atomic E-state index is 4.32. The highest BCUT2D eigenvalue weighted by molar-refractivity contribution is 8.00. The first-order valence-electron chi connectivity index (χ1n) is 5.24. The van der Waals surface area contributed by atoms with E-state index in [0.29, 0.717) is 0 Å². The predicted octanol–water partition coefficient (Wildman–Crippen LogP) is 2.39. The van der Waals surface area contributed by atoms with Crippen molar-refractivity contribution in [3.63, 3.8) is 0 Å². The highest BCUT2D eigenvalue weighted by Gasteiger charge is 2.18. The van der Waals surface area contributed by atoms with Gasteiger partial charge in [0.15, 0.2) is 5.65 Å². The maximum atomic E-state index is 4.32. The first kappa shape index (κ1) is 9.15. The zero-order valence-electron chi connectivity index (χ0n) is 8.31. The van der Waals surface area contributed by atoms with Crippen LogP contribution in [0.2, 0.25) is 0 Å². The average Bonchev–Trinajstić information content (AvgIpc) is 2.87. The summed E-state index contributed by atoms with van der Waals surface area (Å²) in [5, 5.41) is 1.77. The molecule has 4 nitrogen and oxygen atoms in total. The van der Waals surface area contributed by atoms with Crippen molar-refractivity contribution in [3.05, 3.63) is 12.7 Å². The number of imidazole rings is 1. The van der Waals surface area contributed by atoms with E-state index in [2.05, 4.69) is 19.9 Å². The summed E-state index contributed by atoms with van der Waals surface area (Å²) >= 11 is 1.86. The molecule has 5 heteroatoms. The highest BCUT2D eigenvalue weighted by atomic mass is 32.2. The van der Waals surface area contributed by atoms with Gasteiger partial charge in [0.25, 0.3) is 0 Å². The molecule has 0 radical (unpaired) electrons. The fourth-order valence-corrected chi connectivity index (χ4v) is 3.26. The van der Waals surface area contributed by atoms with Crippen LogP contribution in [0.4, 0.5) is 0 Å². The Morgan fingerprint density at radius 2 is 2.07 bits per heavy atom. The molecule has 0 amide bonds. The molecule has 2 aromatic rings. The van der Waals surface area contributed by atoms with E-state index in [1.54, 1.807) is 12.7 Å². The number of nitrogens with zero attached hydrogens (tertiary/aromatic N) is 3. The van der Waals surface area contributed by atoms with E-state index in [9.17, 15) is 0 Å². The molecular weight excluding hydrogens is 208 g/mol. The summed E-state index contributed by atoms with van der Waals surface area (Å²) in [7, 11) is 0. The van der Waals surface area contributed by atoms with Crippen molar-refractivity contribution in [2.45, 2.75) is 36.0 Å². The van der Waals surface area contributed by atoms with Gasteiger partial charge in [-0.1, -0.05) is 12.8 Å². The number of rotatable bonds is 2. The Morgan fingerprint density at radius 1 is 1.20 bits per heavy atom. The van der Waals surface area contributed by atoms with Crippen LogP contribution in [-0.2, 0) is 0 Å². The van der Waals surface area contributed by atoms with E-state index in [1.165, 1.54) is 25.7 Å². The van der Waals surface area contributed by atoms with Gasteiger partial charge in [0, 0.05) is 5.25 Å². The maximum Gasteiger partial charge on any atom is 0.181 e. The third-order valence-electron chi connectivity index (χ3n) is 2.77. The normalized spacial score (nSPS) is 17.6. The predicted molar refractivity (Wildman–Crippen MR) is 59.8 cm³/mol. The molecule has 0 unspecified atom stereocenters. The summed E-state index contributed by atoms with van der Waals surface area (Å²) in [6, 6.07) is 0. The Morgan fingerprint density at radius 3 is 2.93 bits per heavy atom. The zero-order chi connectivity index (χ0) is 10.1. The van der Waals surface area contributed by atoms with Crippen LogP contribution >= 0.6 is 11.8 Å². The van der Waals surface area contributed by atoms with Crippen LogP contribution in [-0.4, -0.2) is 25.2 Å². The van der Waals surface area contributed by atoms with Crippen LogP contribution in [0.5, 0.6) is 0 Å². The van der Waals surface area contributed by atoms with E-state index in [4.69, 9.17) is 0 Å². The molecule has 1 fully saturated rings. The molecule has 0 saturated heterocycles. The minimum absolute atomic E-state index is 0.728. The van der Waals surface area contributed by atoms with Gasteiger partial charge in [-0.2, -0.15) is 0 Å². The molecule has 1 aliphatic carbocycles. The Balaban J connectivity index is 1.92. The van der Waals surface area contributed by atoms with Crippen LogP contribution < -0.4 is 0 Å². The first-order chi connectivity index (χ1) is 7.43. The Hall–Kier alpha value is -1.10. The number of nitrogens with one attached hydrogen (secondary N) is 1. The number of H-pyrrole nitrogens is 1. The minimum atomic E-state index is 0.728. The quantitative estimate of drug-likeness (QED) is 0.789. The summed E-state index contributed by atoms with van der Waals surface area (Å²) in [5.74, 6) is 0. The van der Waals surface area contributed by atoms with Crippen molar-refractivity contribution < 1.29 is 0 Å². The van der Waals surface area contributed by atoms with Gasteiger partial charge in [0.2, 0.25) is 0 Å². The summed E-state index contributed by atoms with van der Waals surface area (Å²) in [6.45, 7) is 0. The first-order valence-corrected chi connectivity index (χ1v) is 6.12. The number of aromatic nitrogens is 4. The van der Waals surface area contributed by atoms with Gasteiger partial charge in [-0.05, 0) is 12.8 Å². The fourth-order valence-electron chi connectivity index (χ4n) is 2.00. The number of thioether (sulfide) groups is 1. The SMILES string of the molecule is c1nc(SC2CCCC2)c2[nH]cnc2n1. The van der Waals surface area contributed by atoms with Crippen molar-refractivity contribution in [2.24, 2.45) is 0 Å². The molecule has 0 aromatic carbocycles. The van der Waals surface area contributed by atoms with Crippen molar-refractivity contribution in [1.82, 2.24) is 19.9 Å². The standard InChI is InChI=1S/C10H12N4S/c1-2-4-7(3-1)15-10-8-9(12-5-11-8)13-6-14-10/h5-7H,1-4H2,(H,11,12,13,14).